The lowest BCUT2D eigenvalue weighted by molar-refractivity contribution is 0.947. The van der Waals surface area contributed by atoms with Crippen molar-refractivity contribution < 1.29 is 0 Å². The molecule has 0 radical (unpaired) electrons. The molecule has 5 heteroatoms. The maximum Gasteiger partial charge on any atom is 0.162 e. The molecule has 4 aromatic heterocycles. The van der Waals surface area contributed by atoms with Crippen molar-refractivity contribution >= 4 is 61.8 Å². The van der Waals surface area contributed by atoms with E-state index in [2.05, 4.69) is 185 Å². The fourth-order valence-corrected chi connectivity index (χ4v) is 9.10. The lowest BCUT2D eigenvalue weighted by Gasteiger charge is -2.14. The maximum absolute atomic E-state index is 5.24. The van der Waals surface area contributed by atoms with Crippen molar-refractivity contribution in [3.8, 4) is 39.8 Å². The molecule has 0 bridgehead atoms. The van der Waals surface area contributed by atoms with Crippen LogP contribution in [0.25, 0.3) is 102 Å². The second-order valence-corrected chi connectivity index (χ2v) is 14.9. The summed E-state index contributed by atoms with van der Waals surface area (Å²) in [6.07, 6.45) is 12.9. The summed E-state index contributed by atoms with van der Waals surface area (Å²) in [5, 5.41) is 4.91. The molecule has 0 saturated carbocycles. The van der Waals surface area contributed by atoms with E-state index in [1.165, 1.54) is 38.4 Å². The zero-order valence-electron chi connectivity index (χ0n) is 32.2. The minimum atomic E-state index is 0.701. The van der Waals surface area contributed by atoms with Gasteiger partial charge in [0.1, 0.15) is 5.82 Å². The van der Waals surface area contributed by atoms with Crippen LogP contribution in [-0.4, -0.2) is 23.7 Å². The van der Waals surface area contributed by atoms with Crippen molar-refractivity contribution in [2.24, 2.45) is 0 Å². The normalized spacial score (nSPS) is 12.7. The number of para-hydroxylation sites is 3. The van der Waals surface area contributed by atoms with E-state index in [1.54, 1.807) is 0 Å². The summed E-state index contributed by atoms with van der Waals surface area (Å²) in [7, 11) is 0. The third-order valence-electron chi connectivity index (χ3n) is 11.6. The molecular formula is C53H39N5. The molecule has 0 saturated heterocycles. The van der Waals surface area contributed by atoms with E-state index in [9.17, 15) is 0 Å². The predicted molar refractivity (Wildman–Crippen MR) is 243 cm³/mol. The molecule has 5 nitrogen and oxygen atoms in total. The number of aromatic nitrogens is 5. The molecule has 6 aromatic carbocycles. The topological polar surface area (TPSA) is 40.6 Å². The van der Waals surface area contributed by atoms with Gasteiger partial charge < -0.3 is 9.13 Å². The van der Waals surface area contributed by atoms with Gasteiger partial charge in [-0.2, -0.15) is 0 Å². The largest absolute Gasteiger partial charge is 0.309 e. The number of nitrogens with zero attached hydrogens (tertiary/aromatic N) is 5. The first-order valence-corrected chi connectivity index (χ1v) is 20.0. The molecule has 1 aliphatic carbocycles. The maximum atomic E-state index is 5.24. The summed E-state index contributed by atoms with van der Waals surface area (Å²) in [4.78, 5) is 10.4. The van der Waals surface area contributed by atoms with Crippen LogP contribution in [0.4, 0.5) is 0 Å². The number of rotatable bonds is 7. The van der Waals surface area contributed by atoms with Gasteiger partial charge in [0, 0.05) is 55.7 Å². The van der Waals surface area contributed by atoms with E-state index < -0.39 is 0 Å². The molecule has 276 valence electrons. The lowest BCUT2D eigenvalue weighted by Crippen LogP contribution is -2.05. The summed E-state index contributed by atoms with van der Waals surface area (Å²) < 4.78 is 7.04. The fraction of sp³-hybridized carbons (Fsp3) is 0.0566. The van der Waals surface area contributed by atoms with Crippen LogP contribution in [0.15, 0.2) is 170 Å². The summed E-state index contributed by atoms with van der Waals surface area (Å²) in [5.41, 5.74) is 14.5. The molecule has 11 rings (SSSR count). The molecule has 0 amide bonds. The van der Waals surface area contributed by atoms with Crippen LogP contribution in [0.5, 0.6) is 0 Å². The van der Waals surface area contributed by atoms with Gasteiger partial charge in [0.05, 0.1) is 39.1 Å². The monoisotopic (exact) mass is 745 g/mol. The third kappa shape index (κ3) is 5.24. The average Bonchev–Trinajstić information content (AvgIpc) is 3.91. The van der Waals surface area contributed by atoms with Crippen molar-refractivity contribution in [1.82, 2.24) is 23.7 Å². The van der Waals surface area contributed by atoms with Crippen molar-refractivity contribution in [2.75, 3.05) is 0 Å². The van der Waals surface area contributed by atoms with E-state index in [1.807, 2.05) is 24.3 Å². The Bertz CT molecular complexity index is 3280. The van der Waals surface area contributed by atoms with Crippen LogP contribution in [0, 0.1) is 0 Å². The zero-order valence-corrected chi connectivity index (χ0v) is 32.2. The molecule has 58 heavy (non-hydrogen) atoms. The second-order valence-electron chi connectivity index (χ2n) is 14.9. The number of fused-ring (bicyclic) bond motifs is 7. The average molecular weight is 746 g/mol. The zero-order chi connectivity index (χ0) is 38.7. The summed E-state index contributed by atoms with van der Waals surface area (Å²) in [6, 6.07) is 54.0. The SMILES string of the molecule is C=Cc1c(/C=C\C)c2cc3c4ccccc4n(-c4ccc(-c5cc(-n6c7c(c8ccccc86)CCC=C7)nc(-c6ccccc6)n5)cc4)c3cc2n1-c1ccccc1. The van der Waals surface area contributed by atoms with Crippen LogP contribution in [0.1, 0.15) is 35.9 Å². The number of aryl methyl sites for hydroxylation is 1. The van der Waals surface area contributed by atoms with Crippen LogP contribution < -0.4 is 0 Å². The van der Waals surface area contributed by atoms with Gasteiger partial charge in [-0.1, -0.05) is 122 Å². The van der Waals surface area contributed by atoms with Gasteiger partial charge in [-0.05, 0) is 86.0 Å². The van der Waals surface area contributed by atoms with Gasteiger partial charge in [-0.25, -0.2) is 9.97 Å². The number of benzene rings is 6. The Balaban J connectivity index is 1.10. The highest BCUT2D eigenvalue weighted by Crippen LogP contribution is 2.40. The summed E-state index contributed by atoms with van der Waals surface area (Å²) >= 11 is 0. The van der Waals surface area contributed by atoms with Gasteiger partial charge in [0.25, 0.3) is 0 Å². The summed E-state index contributed by atoms with van der Waals surface area (Å²) in [5.74, 6) is 1.56. The van der Waals surface area contributed by atoms with E-state index >= 15 is 0 Å². The van der Waals surface area contributed by atoms with Crippen molar-refractivity contribution in [1.29, 1.82) is 0 Å². The molecule has 0 fully saturated rings. The Hall–Kier alpha value is -7.50. The van der Waals surface area contributed by atoms with Crippen LogP contribution in [0.3, 0.4) is 0 Å². The Labute approximate surface area is 336 Å². The van der Waals surface area contributed by atoms with Crippen molar-refractivity contribution in [2.45, 2.75) is 19.8 Å². The first-order chi connectivity index (χ1) is 28.7. The summed E-state index contributed by atoms with van der Waals surface area (Å²) in [6.45, 7) is 6.34. The number of allylic oxidation sites excluding steroid dienone is 2. The van der Waals surface area contributed by atoms with Gasteiger partial charge in [0.2, 0.25) is 0 Å². The first kappa shape index (κ1) is 33.8. The molecule has 4 heterocycles. The van der Waals surface area contributed by atoms with Crippen LogP contribution in [0.2, 0.25) is 0 Å². The standard InChI is InChI=1S/C53H39N5/c1-3-17-39-43-32-44-42-24-13-14-25-47(42)57(51(44)34-50(43)56(46(39)4-2)37-20-9-6-10-21-37)38-30-28-35(29-31-38)45-33-52(55-53(54-45)36-18-7-5-8-19-36)58-48-26-15-11-22-40(48)41-23-12-16-27-49(41)58/h3-11,13-22,24-34H,2,12,23H2,1H3/b17-3-. The van der Waals surface area contributed by atoms with Crippen LogP contribution in [-0.2, 0) is 6.42 Å². The van der Waals surface area contributed by atoms with E-state index in [4.69, 9.17) is 9.97 Å². The number of hydrogen-bond acceptors (Lipinski definition) is 2. The van der Waals surface area contributed by atoms with Gasteiger partial charge in [-0.15, -0.1) is 0 Å². The molecular weight excluding hydrogens is 707 g/mol. The van der Waals surface area contributed by atoms with Crippen LogP contribution >= 0.6 is 0 Å². The molecule has 0 spiro atoms. The first-order valence-electron chi connectivity index (χ1n) is 20.0. The highest BCUT2D eigenvalue weighted by molar-refractivity contribution is 6.15. The lowest BCUT2D eigenvalue weighted by atomic mass is 10.0. The van der Waals surface area contributed by atoms with Crippen molar-refractivity contribution in [3.05, 3.63) is 193 Å². The minimum absolute atomic E-state index is 0.701. The van der Waals surface area contributed by atoms with E-state index in [0.717, 1.165) is 74.6 Å². The van der Waals surface area contributed by atoms with Gasteiger partial charge in [-0.3, -0.25) is 4.57 Å². The van der Waals surface area contributed by atoms with Gasteiger partial charge in [0.15, 0.2) is 5.82 Å². The molecule has 0 aliphatic heterocycles. The molecule has 1 aliphatic rings. The highest BCUT2D eigenvalue weighted by Gasteiger charge is 2.22. The van der Waals surface area contributed by atoms with Gasteiger partial charge >= 0.3 is 0 Å². The molecule has 0 unspecified atom stereocenters. The molecule has 0 atom stereocenters. The quantitative estimate of drug-likeness (QED) is 0.163. The van der Waals surface area contributed by atoms with Crippen molar-refractivity contribution in [3.63, 3.8) is 0 Å². The molecule has 0 N–H and O–H groups in total. The number of hydrogen-bond donors (Lipinski definition) is 0. The fourth-order valence-electron chi connectivity index (χ4n) is 9.10. The Morgan fingerprint density at radius 2 is 1.24 bits per heavy atom. The van der Waals surface area contributed by atoms with E-state index in [0.29, 0.717) is 5.82 Å². The Kier molecular flexibility index (Phi) is 7.93. The van der Waals surface area contributed by atoms with E-state index in [-0.39, 0.29) is 0 Å². The smallest absolute Gasteiger partial charge is 0.162 e. The predicted octanol–water partition coefficient (Wildman–Crippen LogP) is 13.4. The minimum Gasteiger partial charge on any atom is -0.309 e. The Morgan fingerprint density at radius 3 is 2.00 bits per heavy atom. The second kappa shape index (κ2) is 13.6. The Morgan fingerprint density at radius 1 is 0.569 bits per heavy atom. The molecule has 10 aromatic rings. The third-order valence-corrected chi connectivity index (χ3v) is 11.6. The highest BCUT2D eigenvalue weighted by atomic mass is 15.1.